The van der Waals surface area contributed by atoms with Crippen LogP contribution in [-0.2, 0) is 14.3 Å². The van der Waals surface area contributed by atoms with Crippen LogP contribution in [0.4, 0.5) is 0 Å². The van der Waals surface area contributed by atoms with Crippen LogP contribution in [0.15, 0.2) is 24.3 Å². The molecule has 0 spiro atoms. The van der Waals surface area contributed by atoms with Gasteiger partial charge in [0.1, 0.15) is 0 Å². The summed E-state index contributed by atoms with van der Waals surface area (Å²) in [5.41, 5.74) is 0.910. The number of carbonyl (C=O) groups is 2. The van der Waals surface area contributed by atoms with Crippen molar-refractivity contribution in [3.05, 3.63) is 24.3 Å². The highest BCUT2D eigenvalue weighted by atomic mass is 16.5. The Morgan fingerprint density at radius 1 is 1.14 bits per heavy atom. The molecule has 0 aliphatic rings. The fourth-order valence-electron chi connectivity index (χ4n) is 0.734. The van der Waals surface area contributed by atoms with E-state index in [4.69, 9.17) is 4.74 Å². The number of rotatable bonds is 6. The van der Waals surface area contributed by atoms with E-state index >= 15 is 0 Å². The highest BCUT2D eigenvalue weighted by Gasteiger charge is 2.05. The Morgan fingerprint density at radius 3 is 2.14 bits per heavy atom. The molecule has 0 aromatic heterocycles. The fourth-order valence-corrected chi connectivity index (χ4v) is 0.734. The van der Waals surface area contributed by atoms with Crippen LogP contribution < -0.4 is 0 Å². The zero-order chi connectivity index (χ0) is 11.1. The van der Waals surface area contributed by atoms with E-state index in [0.717, 1.165) is 0 Å². The van der Waals surface area contributed by atoms with Gasteiger partial charge in [-0.05, 0) is 25.8 Å². The number of allylic oxidation sites excluding steroid dienone is 1. The molecule has 0 rings (SSSR count). The summed E-state index contributed by atoms with van der Waals surface area (Å²) in [6, 6.07) is 0. The van der Waals surface area contributed by atoms with Gasteiger partial charge in [-0.25, -0.2) is 4.79 Å². The van der Waals surface area contributed by atoms with Crippen molar-refractivity contribution in [1.29, 1.82) is 0 Å². The fraction of sp³-hybridized carbons (Fsp3) is 0.455. The Kier molecular flexibility index (Phi) is 5.53. The lowest BCUT2D eigenvalue weighted by Gasteiger charge is -2.03. The van der Waals surface area contributed by atoms with Gasteiger partial charge in [0.05, 0.1) is 6.61 Å². The maximum absolute atomic E-state index is 11.1. The van der Waals surface area contributed by atoms with E-state index < -0.39 is 5.97 Å². The molecule has 0 unspecified atom stereocenters. The molecule has 0 aromatic carbocycles. The lowest BCUT2D eigenvalue weighted by molar-refractivity contribution is -0.139. The van der Waals surface area contributed by atoms with E-state index in [1.807, 2.05) is 0 Å². The van der Waals surface area contributed by atoms with Crippen molar-refractivity contribution in [3.8, 4) is 0 Å². The van der Waals surface area contributed by atoms with Crippen molar-refractivity contribution in [1.82, 2.24) is 0 Å². The predicted molar refractivity (Wildman–Crippen MR) is 54.8 cm³/mol. The lowest BCUT2D eigenvalue weighted by Crippen LogP contribution is -2.08. The van der Waals surface area contributed by atoms with Crippen molar-refractivity contribution >= 4 is 11.8 Å². The minimum Gasteiger partial charge on any atom is -0.462 e. The third-order valence-corrected chi connectivity index (χ3v) is 1.61. The number of esters is 1. The summed E-state index contributed by atoms with van der Waals surface area (Å²) in [6.07, 6.45) is 0.906. The van der Waals surface area contributed by atoms with Crippen LogP contribution in [0.25, 0.3) is 0 Å². The molecule has 0 aliphatic heterocycles. The summed E-state index contributed by atoms with van der Waals surface area (Å²) in [5.74, 6) is -0.399. The van der Waals surface area contributed by atoms with Crippen LogP contribution in [0, 0.1) is 0 Å². The van der Waals surface area contributed by atoms with Crippen LogP contribution in [-0.4, -0.2) is 18.4 Å². The van der Waals surface area contributed by atoms with Gasteiger partial charge in [0.25, 0.3) is 0 Å². The van der Waals surface area contributed by atoms with E-state index in [-0.39, 0.29) is 12.4 Å². The van der Waals surface area contributed by atoms with Crippen LogP contribution in [0.3, 0.4) is 0 Å². The second-order valence-corrected chi connectivity index (χ2v) is 3.22. The summed E-state index contributed by atoms with van der Waals surface area (Å²) in [6.45, 7) is 10.5. The molecule has 0 fully saturated rings. The topological polar surface area (TPSA) is 43.4 Å². The lowest BCUT2D eigenvalue weighted by atomic mass is 10.1. The maximum Gasteiger partial charge on any atom is 0.333 e. The van der Waals surface area contributed by atoms with Gasteiger partial charge in [-0.15, -0.1) is 0 Å². The summed E-state index contributed by atoms with van der Waals surface area (Å²) in [5, 5.41) is 0. The minimum atomic E-state index is -0.409. The standard InChI is InChI=1S/C11H16O3/c1-8(2)10(12)6-5-7-14-11(13)9(3)4/h1,3,5-7H2,2,4H3. The largest absolute Gasteiger partial charge is 0.462 e. The summed E-state index contributed by atoms with van der Waals surface area (Å²) in [7, 11) is 0. The van der Waals surface area contributed by atoms with Gasteiger partial charge in [-0.1, -0.05) is 13.2 Å². The molecule has 0 saturated carbocycles. The van der Waals surface area contributed by atoms with E-state index in [0.29, 0.717) is 24.0 Å². The zero-order valence-corrected chi connectivity index (χ0v) is 8.76. The monoisotopic (exact) mass is 196 g/mol. The first-order valence-corrected chi connectivity index (χ1v) is 4.46. The molecule has 0 bridgehead atoms. The molecular weight excluding hydrogens is 180 g/mol. The van der Waals surface area contributed by atoms with Gasteiger partial charge in [-0.2, -0.15) is 0 Å². The van der Waals surface area contributed by atoms with Crippen molar-refractivity contribution in [3.63, 3.8) is 0 Å². The van der Waals surface area contributed by atoms with Gasteiger partial charge in [0.15, 0.2) is 5.78 Å². The Bertz CT molecular complexity index is 236. The maximum atomic E-state index is 11.1. The average molecular weight is 196 g/mol. The zero-order valence-electron chi connectivity index (χ0n) is 8.76. The first-order valence-electron chi connectivity index (χ1n) is 4.46. The molecule has 0 aliphatic carbocycles. The predicted octanol–water partition coefficient (Wildman–Crippen LogP) is 2.03. The first kappa shape index (κ1) is 12.6. The molecule has 3 nitrogen and oxygen atoms in total. The first-order chi connectivity index (χ1) is 6.45. The minimum absolute atomic E-state index is 0.0105. The van der Waals surface area contributed by atoms with Gasteiger partial charge in [-0.3, -0.25) is 4.79 Å². The molecule has 0 radical (unpaired) electrons. The molecule has 14 heavy (non-hydrogen) atoms. The Labute approximate surface area is 84.4 Å². The number of hydrogen-bond acceptors (Lipinski definition) is 3. The second kappa shape index (κ2) is 6.13. The van der Waals surface area contributed by atoms with Crippen molar-refractivity contribution in [2.75, 3.05) is 6.61 Å². The summed E-state index contributed by atoms with van der Waals surface area (Å²) >= 11 is 0. The van der Waals surface area contributed by atoms with Gasteiger partial charge >= 0.3 is 5.97 Å². The SMILES string of the molecule is C=C(C)C(=O)CCCOC(=O)C(=C)C. The number of hydrogen-bond donors (Lipinski definition) is 0. The van der Waals surface area contributed by atoms with Crippen molar-refractivity contribution < 1.29 is 14.3 Å². The molecule has 0 N–H and O–H groups in total. The van der Waals surface area contributed by atoms with Crippen LogP contribution >= 0.6 is 0 Å². The molecule has 0 atom stereocenters. The van der Waals surface area contributed by atoms with Gasteiger partial charge in [0, 0.05) is 12.0 Å². The van der Waals surface area contributed by atoms with E-state index in [1.165, 1.54) is 0 Å². The van der Waals surface area contributed by atoms with E-state index in [9.17, 15) is 9.59 Å². The molecule has 78 valence electrons. The quantitative estimate of drug-likeness (QED) is 0.371. The second-order valence-electron chi connectivity index (χ2n) is 3.22. The molecular formula is C11H16O3. The van der Waals surface area contributed by atoms with E-state index in [1.54, 1.807) is 13.8 Å². The molecule has 3 heteroatoms. The Balaban J connectivity index is 3.57. The number of ketones is 1. The van der Waals surface area contributed by atoms with Gasteiger partial charge < -0.3 is 4.74 Å². The molecule has 0 heterocycles. The summed E-state index contributed by atoms with van der Waals surface area (Å²) < 4.78 is 4.81. The highest BCUT2D eigenvalue weighted by Crippen LogP contribution is 2.00. The summed E-state index contributed by atoms with van der Waals surface area (Å²) in [4.78, 5) is 22.0. The normalized spacial score (nSPS) is 9.29. The molecule has 0 aromatic rings. The van der Waals surface area contributed by atoms with Crippen LogP contribution in [0.1, 0.15) is 26.7 Å². The Morgan fingerprint density at radius 2 is 1.71 bits per heavy atom. The van der Waals surface area contributed by atoms with Crippen molar-refractivity contribution in [2.45, 2.75) is 26.7 Å². The third-order valence-electron chi connectivity index (χ3n) is 1.61. The highest BCUT2D eigenvalue weighted by molar-refractivity contribution is 5.94. The number of Topliss-reactive ketones (excluding diaryl/α,β-unsaturated/α-hetero) is 1. The number of carbonyl (C=O) groups excluding carboxylic acids is 2. The third kappa shape index (κ3) is 5.30. The Hall–Kier alpha value is -1.38. The van der Waals surface area contributed by atoms with Crippen LogP contribution in [0.2, 0.25) is 0 Å². The van der Waals surface area contributed by atoms with E-state index in [2.05, 4.69) is 13.2 Å². The van der Waals surface area contributed by atoms with Crippen molar-refractivity contribution in [2.24, 2.45) is 0 Å². The smallest absolute Gasteiger partial charge is 0.333 e. The van der Waals surface area contributed by atoms with Crippen LogP contribution in [0.5, 0.6) is 0 Å². The average Bonchev–Trinajstić information content (AvgIpc) is 2.11. The molecule has 0 saturated heterocycles. The number of ether oxygens (including phenoxy) is 1. The van der Waals surface area contributed by atoms with Gasteiger partial charge in [0.2, 0.25) is 0 Å². The molecule has 0 amide bonds.